The Bertz CT molecular complexity index is 2570. The van der Waals surface area contributed by atoms with E-state index in [1.807, 2.05) is 84.0 Å². The van der Waals surface area contributed by atoms with Crippen molar-refractivity contribution in [2.75, 3.05) is 14.2 Å². The third kappa shape index (κ3) is 8.92. The maximum absolute atomic E-state index is 12.9. The Labute approximate surface area is 342 Å². The monoisotopic (exact) mass is 887 g/mol. The van der Waals surface area contributed by atoms with Crippen molar-refractivity contribution in [3.05, 3.63) is 101 Å². The topological polar surface area (TPSA) is 145 Å². The van der Waals surface area contributed by atoms with Crippen molar-refractivity contribution in [2.24, 2.45) is 0 Å². The highest BCUT2D eigenvalue weighted by Crippen LogP contribution is 2.36. The van der Waals surface area contributed by atoms with Crippen LogP contribution >= 0.6 is 34.2 Å². The molecule has 0 saturated heterocycles. The number of hydrogen-bond donors (Lipinski definition) is 0. The predicted octanol–water partition coefficient (Wildman–Crippen LogP) is 10.1. The number of nitrogens with zero attached hydrogens (tertiary/aromatic N) is 7. The molecule has 13 nitrogen and oxygen atoms in total. The molecular weight excluding hydrogens is 849 g/mol. The Morgan fingerprint density at radius 3 is 1.64 bits per heavy atom. The number of aromatic nitrogens is 7. The zero-order chi connectivity index (χ0) is 40.4. The second kappa shape index (κ2) is 16.2. The van der Waals surface area contributed by atoms with Crippen LogP contribution in [0.5, 0.6) is 11.5 Å². The number of methoxy groups -OCH3 is 2. The maximum atomic E-state index is 12.9. The van der Waals surface area contributed by atoms with Crippen molar-refractivity contribution >= 4 is 68.2 Å². The SMILES string of the molecule is COc1ccncc1-c1ccc2c(c1)c(-c1ccnc(Cl)c1)nn2C(=O)OC(C)(C)C.COc1ccncc1-c1ccc2c(c1)c(I)nn2C(=O)OC(C)(C)C. The van der Waals surface area contributed by atoms with E-state index in [1.54, 1.807) is 63.4 Å². The summed E-state index contributed by atoms with van der Waals surface area (Å²) in [6.45, 7) is 10.9. The van der Waals surface area contributed by atoms with Crippen LogP contribution in [0.25, 0.3) is 55.3 Å². The fourth-order valence-electron chi connectivity index (χ4n) is 5.74. The van der Waals surface area contributed by atoms with Gasteiger partial charge in [0.15, 0.2) is 0 Å². The quantitative estimate of drug-likeness (QED) is 0.120. The van der Waals surface area contributed by atoms with Gasteiger partial charge in [-0.15, -0.1) is 0 Å². The minimum Gasteiger partial charge on any atom is -0.496 e. The van der Waals surface area contributed by atoms with Crippen molar-refractivity contribution in [1.29, 1.82) is 0 Å². The Balaban J connectivity index is 0.000000194. The number of carbonyl (C=O) groups is 2. The molecule has 0 N–H and O–H groups in total. The lowest BCUT2D eigenvalue weighted by Crippen LogP contribution is -2.27. The predicted molar refractivity (Wildman–Crippen MR) is 223 cm³/mol. The van der Waals surface area contributed by atoms with Crippen LogP contribution in [0.1, 0.15) is 41.5 Å². The van der Waals surface area contributed by atoms with Crippen molar-refractivity contribution in [1.82, 2.24) is 34.5 Å². The smallest absolute Gasteiger partial charge is 0.435 e. The summed E-state index contributed by atoms with van der Waals surface area (Å²) in [7, 11) is 3.24. The average Bonchev–Trinajstić information content (AvgIpc) is 3.71. The summed E-state index contributed by atoms with van der Waals surface area (Å²) in [6, 6.07) is 18.5. The first-order valence-electron chi connectivity index (χ1n) is 17.3. The van der Waals surface area contributed by atoms with Gasteiger partial charge in [-0.1, -0.05) is 23.7 Å². The van der Waals surface area contributed by atoms with Crippen LogP contribution in [0.4, 0.5) is 9.59 Å². The minimum absolute atomic E-state index is 0.336. The molecule has 0 saturated carbocycles. The second-order valence-corrected chi connectivity index (χ2v) is 15.8. The standard InChI is InChI=1S/C23H21ClN4O3.C18H18IN3O3/c1-23(2,3)31-22(29)28-18-6-5-14(17-13-25-9-8-19(17)30-4)11-16(18)21(27-28)15-7-10-26-20(24)12-15;1-18(2,3)25-17(23)22-14-6-5-11(9-12(14)16(19)21-22)13-10-20-8-7-15(13)24-4/h5-13H,1-4H3;5-10H,1-4H3. The van der Waals surface area contributed by atoms with Crippen molar-refractivity contribution in [3.8, 4) is 45.0 Å². The van der Waals surface area contributed by atoms with Gasteiger partial charge in [0.2, 0.25) is 0 Å². The van der Waals surface area contributed by atoms with Gasteiger partial charge in [-0.05, 0) is 124 Å². The van der Waals surface area contributed by atoms with E-state index in [1.165, 1.54) is 9.36 Å². The van der Waals surface area contributed by atoms with Crippen LogP contribution in [0, 0.1) is 3.70 Å². The summed E-state index contributed by atoms with van der Waals surface area (Å²) >= 11 is 8.22. The lowest BCUT2D eigenvalue weighted by molar-refractivity contribution is 0.0511. The molecule has 5 aromatic heterocycles. The van der Waals surface area contributed by atoms with E-state index < -0.39 is 23.4 Å². The molecule has 7 rings (SSSR count). The summed E-state index contributed by atoms with van der Waals surface area (Å²) in [5, 5.41) is 10.9. The molecule has 56 heavy (non-hydrogen) atoms. The molecule has 15 heteroatoms. The first-order chi connectivity index (χ1) is 26.6. The molecule has 0 bridgehead atoms. The second-order valence-electron chi connectivity index (χ2n) is 14.4. The first-order valence-corrected chi connectivity index (χ1v) is 18.8. The average molecular weight is 888 g/mol. The zero-order valence-corrected chi connectivity index (χ0v) is 34.9. The van der Waals surface area contributed by atoms with E-state index in [2.05, 4.69) is 47.7 Å². The molecule has 7 aromatic rings. The highest BCUT2D eigenvalue weighted by Gasteiger charge is 2.24. The number of pyridine rings is 3. The van der Waals surface area contributed by atoms with E-state index in [4.69, 9.17) is 30.5 Å². The van der Waals surface area contributed by atoms with Crippen LogP contribution in [-0.2, 0) is 9.47 Å². The number of benzene rings is 2. The van der Waals surface area contributed by atoms with Crippen LogP contribution in [0.3, 0.4) is 0 Å². The van der Waals surface area contributed by atoms with E-state index in [-0.39, 0.29) is 0 Å². The fraction of sp³-hybridized carbons (Fsp3) is 0.244. The van der Waals surface area contributed by atoms with Gasteiger partial charge < -0.3 is 18.9 Å². The normalized spacial score (nSPS) is 11.5. The molecule has 2 aromatic carbocycles. The summed E-state index contributed by atoms with van der Waals surface area (Å²) in [5.74, 6) is 1.44. The lowest BCUT2D eigenvalue weighted by atomic mass is 10.0. The largest absolute Gasteiger partial charge is 0.496 e. The summed E-state index contributed by atoms with van der Waals surface area (Å²) in [5.41, 5.74) is 4.94. The van der Waals surface area contributed by atoms with Gasteiger partial charge in [0.25, 0.3) is 0 Å². The summed E-state index contributed by atoms with van der Waals surface area (Å²) in [4.78, 5) is 37.7. The van der Waals surface area contributed by atoms with Gasteiger partial charge in [0, 0.05) is 58.4 Å². The third-order valence-corrected chi connectivity index (χ3v) is 9.08. The van der Waals surface area contributed by atoms with Crippen LogP contribution in [-0.4, -0.2) is 72.1 Å². The number of hydrogen-bond acceptors (Lipinski definition) is 11. The Morgan fingerprint density at radius 1 is 0.643 bits per heavy atom. The van der Waals surface area contributed by atoms with E-state index in [0.29, 0.717) is 27.6 Å². The molecule has 0 aliphatic carbocycles. The molecule has 0 radical (unpaired) electrons. The van der Waals surface area contributed by atoms with Gasteiger partial charge in [-0.25, -0.2) is 14.6 Å². The molecule has 288 valence electrons. The maximum Gasteiger partial charge on any atom is 0.435 e. The molecule has 5 heterocycles. The molecule has 0 amide bonds. The van der Waals surface area contributed by atoms with Gasteiger partial charge >= 0.3 is 12.2 Å². The number of carbonyl (C=O) groups excluding carboxylic acids is 2. The van der Waals surface area contributed by atoms with E-state index >= 15 is 0 Å². The number of halogens is 2. The number of fused-ring (bicyclic) bond motifs is 2. The summed E-state index contributed by atoms with van der Waals surface area (Å²) < 4.78 is 25.2. The van der Waals surface area contributed by atoms with Gasteiger partial charge in [-0.2, -0.15) is 19.6 Å². The number of ether oxygens (including phenoxy) is 4. The van der Waals surface area contributed by atoms with E-state index in [9.17, 15) is 9.59 Å². The van der Waals surface area contributed by atoms with Crippen LogP contribution in [0.2, 0.25) is 5.15 Å². The van der Waals surface area contributed by atoms with Crippen LogP contribution in [0.15, 0.2) is 91.6 Å². The fourth-order valence-corrected chi connectivity index (χ4v) is 6.56. The molecule has 0 spiro atoms. The zero-order valence-electron chi connectivity index (χ0n) is 32.0. The molecule has 0 unspecified atom stereocenters. The summed E-state index contributed by atoms with van der Waals surface area (Å²) in [6.07, 6.45) is 7.40. The molecular formula is C41H39ClIN7O6. The molecule has 0 atom stereocenters. The highest BCUT2D eigenvalue weighted by molar-refractivity contribution is 14.1. The van der Waals surface area contributed by atoms with Crippen molar-refractivity contribution in [3.63, 3.8) is 0 Å². The molecule has 0 fully saturated rings. The van der Waals surface area contributed by atoms with E-state index in [0.717, 1.165) is 48.0 Å². The van der Waals surface area contributed by atoms with Gasteiger partial charge in [-0.3, -0.25) is 9.97 Å². The Morgan fingerprint density at radius 2 is 1.14 bits per heavy atom. The lowest BCUT2D eigenvalue weighted by Gasteiger charge is -2.19. The highest BCUT2D eigenvalue weighted by atomic mass is 127. The van der Waals surface area contributed by atoms with Gasteiger partial charge in [0.1, 0.15) is 37.2 Å². The molecule has 0 aliphatic heterocycles. The minimum atomic E-state index is -0.654. The Kier molecular flexibility index (Phi) is 11.6. The first kappa shape index (κ1) is 40.1. The third-order valence-electron chi connectivity index (χ3n) is 8.07. The van der Waals surface area contributed by atoms with Crippen molar-refractivity contribution < 1.29 is 28.5 Å². The Hall–Kier alpha value is -5.61. The van der Waals surface area contributed by atoms with Crippen LogP contribution < -0.4 is 9.47 Å². The van der Waals surface area contributed by atoms with Crippen molar-refractivity contribution in [2.45, 2.75) is 52.7 Å². The number of rotatable bonds is 5. The van der Waals surface area contributed by atoms with Gasteiger partial charge in [0.05, 0.1) is 25.3 Å². The molecule has 0 aliphatic rings.